The maximum Gasteiger partial charge on any atom is 0.265 e. The first kappa shape index (κ1) is 19.5. The zero-order valence-electron chi connectivity index (χ0n) is 15.3. The summed E-state index contributed by atoms with van der Waals surface area (Å²) in [4.78, 5) is 12.8. The fraction of sp³-hybridized carbons (Fsp3) is 0.316. The lowest BCUT2D eigenvalue weighted by Gasteiger charge is -2.21. The minimum absolute atomic E-state index is 0.122. The summed E-state index contributed by atoms with van der Waals surface area (Å²) in [7, 11) is -3.54. The number of sulfonamides is 1. The molecule has 0 bridgehead atoms. The minimum Gasteiger partial charge on any atom is -0.478 e. The number of amides is 1. The van der Waals surface area contributed by atoms with Crippen LogP contribution in [0.2, 0.25) is 5.02 Å². The van der Waals surface area contributed by atoms with Crippen LogP contribution >= 0.6 is 11.6 Å². The largest absolute Gasteiger partial charge is 0.478 e. The zero-order chi connectivity index (χ0) is 19.8. The van der Waals surface area contributed by atoms with Crippen LogP contribution in [0.3, 0.4) is 0 Å². The molecule has 1 atom stereocenters. The Bertz CT molecular complexity index is 991. The number of nitrogens with zero attached hydrogens (tertiary/aromatic N) is 1. The molecule has 1 aliphatic heterocycles. The molecule has 1 unspecified atom stereocenters. The van der Waals surface area contributed by atoms with Crippen LogP contribution < -0.4 is 14.4 Å². The van der Waals surface area contributed by atoms with Crippen LogP contribution in [0.25, 0.3) is 0 Å². The van der Waals surface area contributed by atoms with Gasteiger partial charge in [0.15, 0.2) is 6.10 Å². The van der Waals surface area contributed by atoms with E-state index in [9.17, 15) is 13.2 Å². The molecule has 144 valence electrons. The van der Waals surface area contributed by atoms with Crippen molar-refractivity contribution in [3.63, 3.8) is 0 Å². The minimum atomic E-state index is -3.54. The van der Waals surface area contributed by atoms with E-state index < -0.39 is 16.1 Å². The number of carbonyl (C=O) groups excluding carboxylic acids is 1. The fourth-order valence-electron chi connectivity index (χ4n) is 3.05. The monoisotopic (exact) mass is 408 g/mol. The molecule has 6 nitrogen and oxygen atoms in total. The van der Waals surface area contributed by atoms with Crippen LogP contribution in [0.15, 0.2) is 36.4 Å². The van der Waals surface area contributed by atoms with E-state index >= 15 is 0 Å². The average Bonchev–Trinajstić information content (AvgIpc) is 2.76. The summed E-state index contributed by atoms with van der Waals surface area (Å²) in [5.74, 6) is -0.0127. The van der Waals surface area contributed by atoms with Gasteiger partial charge in [0.25, 0.3) is 5.91 Å². The van der Waals surface area contributed by atoms with Crippen LogP contribution in [-0.2, 0) is 14.8 Å². The van der Waals surface area contributed by atoms with Crippen molar-refractivity contribution >= 4 is 38.9 Å². The van der Waals surface area contributed by atoms with Crippen LogP contribution in [0, 0.1) is 13.8 Å². The van der Waals surface area contributed by atoms with Crippen LogP contribution in [0.4, 0.5) is 11.4 Å². The number of aryl methyl sites for hydroxylation is 2. The molecule has 1 heterocycles. The van der Waals surface area contributed by atoms with E-state index in [1.54, 1.807) is 12.1 Å². The number of anilines is 2. The van der Waals surface area contributed by atoms with Gasteiger partial charge < -0.3 is 10.1 Å². The van der Waals surface area contributed by atoms with Gasteiger partial charge in [0.2, 0.25) is 10.0 Å². The molecule has 27 heavy (non-hydrogen) atoms. The van der Waals surface area contributed by atoms with Gasteiger partial charge in [0, 0.05) is 23.7 Å². The summed E-state index contributed by atoms with van der Waals surface area (Å²) in [6, 6.07) is 10.5. The molecule has 0 saturated heterocycles. The smallest absolute Gasteiger partial charge is 0.265 e. The number of rotatable bonds is 3. The quantitative estimate of drug-likeness (QED) is 0.843. The van der Waals surface area contributed by atoms with Crippen molar-refractivity contribution in [2.24, 2.45) is 0 Å². The Morgan fingerprint density at radius 3 is 2.63 bits per heavy atom. The molecule has 0 aliphatic carbocycles. The van der Waals surface area contributed by atoms with E-state index in [0.29, 0.717) is 22.1 Å². The molecule has 2 aromatic carbocycles. The molecule has 1 amide bonds. The van der Waals surface area contributed by atoms with E-state index in [0.717, 1.165) is 17.4 Å². The molecule has 0 saturated carbocycles. The number of benzene rings is 2. The van der Waals surface area contributed by atoms with Gasteiger partial charge in [-0.1, -0.05) is 29.3 Å². The van der Waals surface area contributed by atoms with Crippen molar-refractivity contribution in [3.8, 4) is 5.75 Å². The zero-order valence-corrected chi connectivity index (χ0v) is 16.9. The molecular formula is C19H21ClN2O4S. The lowest BCUT2D eigenvalue weighted by Crippen LogP contribution is -2.36. The highest BCUT2D eigenvalue weighted by Gasteiger charge is 2.31. The number of ether oxygens (including phenoxy) is 1. The van der Waals surface area contributed by atoms with Crippen molar-refractivity contribution in [1.29, 1.82) is 0 Å². The number of fused-ring (bicyclic) bond motifs is 1. The van der Waals surface area contributed by atoms with Gasteiger partial charge in [0.1, 0.15) is 5.75 Å². The molecule has 1 N–H and O–H groups in total. The van der Waals surface area contributed by atoms with Gasteiger partial charge in [-0.05, 0) is 43.7 Å². The summed E-state index contributed by atoms with van der Waals surface area (Å²) in [5.41, 5.74) is 3.09. The standard InChI is InChI=1S/C19H21ClN2O4S/c1-12-4-6-15(13(2)10-12)21-19(23)18-8-9-22(27(3,24)25)16-11-14(20)5-7-17(16)26-18/h4-7,10-11,18H,8-9H2,1-3H3,(H,21,23). The molecule has 8 heteroatoms. The third kappa shape index (κ3) is 4.36. The van der Waals surface area contributed by atoms with Gasteiger partial charge in [-0.2, -0.15) is 0 Å². The van der Waals surface area contributed by atoms with Gasteiger partial charge >= 0.3 is 0 Å². The summed E-state index contributed by atoms with van der Waals surface area (Å²) in [6.07, 6.45) is 0.515. The Hall–Kier alpha value is -2.25. The highest BCUT2D eigenvalue weighted by molar-refractivity contribution is 7.92. The number of hydrogen-bond donors (Lipinski definition) is 1. The Labute approximate surface area is 164 Å². The first-order valence-corrected chi connectivity index (χ1v) is 10.7. The molecule has 2 aromatic rings. The van der Waals surface area contributed by atoms with Crippen LogP contribution in [0.1, 0.15) is 17.5 Å². The van der Waals surface area contributed by atoms with Crippen molar-refractivity contribution in [1.82, 2.24) is 0 Å². The Morgan fingerprint density at radius 1 is 1.22 bits per heavy atom. The molecule has 1 aliphatic rings. The lowest BCUT2D eigenvalue weighted by atomic mass is 10.1. The van der Waals surface area contributed by atoms with Crippen molar-refractivity contribution < 1.29 is 17.9 Å². The highest BCUT2D eigenvalue weighted by Crippen LogP contribution is 2.36. The molecule has 0 radical (unpaired) electrons. The number of nitrogens with one attached hydrogen (secondary N) is 1. The van der Waals surface area contributed by atoms with Crippen LogP contribution in [-0.4, -0.2) is 33.2 Å². The molecule has 0 spiro atoms. The Morgan fingerprint density at radius 2 is 1.96 bits per heavy atom. The van der Waals surface area contributed by atoms with Gasteiger partial charge in [-0.15, -0.1) is 0 Å². The summed E-state index contributed by atoms with van der Waals surface area (Å²) >= 11 is 6.03. The SMILES string of the molecule is Cc1ccc(NC(=O)C2CCN(S(C)(=O)=O)c3cc(Cl)ccc3O2)c(C)c1. The van der Waals surface area contributed by atoms with Crippen molar-refractivity contribution in [3.05, 3.63) is 52.5 Å². The predicted molar refractivity (Wildman–Crippen MR) is 107 cm³/mol. The molecule has 0 aromatic heterocycles. The molecular weight excluding hydrogens is 388 g/mol. The van der Waals surface area contributed by atoms with E-state index in [1.165, 1.54) is 10.4 Å². The predicted octanol–water partition coefficient (Wildman–Crippen LogP) is 3.51. The lowest BCUT2D eigenvalue weighted by molar-refractivity contribution is -0.122. The molecule has 3 rings (SSSR count). The van der Waals surface area contributed by atoms with E-state index in [2.05, 4.69) is 5.32 Å². The first-order valence-electron chi connectivity index (χ1n) is 8.47. The molecule has 0 fully saturated rings. The van der Waals surface area contributed by atoms with E-state index in [-0.39, 0.29) is 18.9 Å². The first-order chi connectivity index (χ1) is 12.6. The number of halogens is 1. The maximum atomic E-state index is 12.8. The summed E-state index contributed by atoms with van der Waals surface area (Å²) in [6.45, 7) is 4.02. The fourth-order valence-corrected chi connectivity index (χ4v) is 4.15. The average molecular weight is 409 g/mol. The van der Waals surface area contributed by atoms with E-state index in [4.69, 9.17) is 16.3 Å². The normalized spacial score (nSPS) is 16.9. The topological polar surface area (TPSA) is 75.7 Å². The van der Waals surface area contributed by atoms with Crippen molar-refractivity contribution in [2.75, 3.05) is 22.4 Å². The Balaban J connectivity index is 1.88. The Kier molecular flexibility index (Phi) is 5.35. The third-order valence-corrected chi connectivity index (χ3v) is 5.80. The van der Waals surface area contributed by atoms with Gasteiger partial charge in [-0.25, -0.2) is 8.42 Å². The van der Waals surface area contributed by atoms with Gasteiger partial charge in [0.05, 0.1) is 11.9 Å². The number of carbonyl (C=O) groups is 1. The second-order valence-electron chi connectivity index (χ2n) is 6.65. The maximum absolute atomic E-state index is 12.8. The van der Waals surface area contributed by atoms with Crippen molar-refractivity contribution in [2.45, 2.75) is 26.4 Å². The summed E-state index contributed by atoms with van der Waals surface area (Å²) < 4.78 is 31.4. The highest BCUT2D eigenvalue weighted by atomic mass is 35.5. The van der Waals surface area contributed by atoms with Gasteiger partial charge in [-0.3, -0.25) is 9.10 Å². The number of hydrogen-bond acceptors (Lipinski definition) is 4. The second-order valence-corrected chi connectivity index (χ2v) is 8.99. The summed E-state index contributed by atoms with van der Waals surface area (Å²) in [5, 5.41) is 3.27. The van der Waals surface area contributed by atoms with Crippen LogP contribution in [0.5, 0.6) is 5.75 Å². The van der Waals surface area contributed by atoms with E-state index in [1.807, 2.05) is 32.0 Å². The second kappa shape index (κ2) is 7.40. The third-order valence-electron chi connectivity index (χ3n) is 4.39.